The van der Waals surface area contributed by atoms with Crippen LogP contribution in [0.1, 0.15) is 18.5 Å². The molecule has 1 aromatic rings. The normalized spacial score (nSPS) is 18.6. The van der Waals surface area contributed by atoms with Crippen molar-refractivity contribution in [2.24, 2.45) is 0 Å². The summed E-state index contributed by atoms with van der Waals surface area (Å²) in [4.78, 5) is 22.0. The second-order valence-corrected chi connectivity index (χ2v) is 4.83. The molecule has 0 spiro atoms. The van der Waals surface area contributed by atoms with Crippen LogP contribution in [0.5, 0.6) is 0 Å². The van der Waals surface area contributed by atoms with E-state index in [1.54, 1.807) is 6.92 Å². The fourth-order valence-corrected chi connectivity index (χ4v) is 2.16. The Labute approximate surface area is 119 Å². The summed E-state index contributed by atoms with van der Waals surface area (Å²) >= 11 is 5.70. The van der Waals surface area contributed by atoms with Gasteiger partial charge in [0.2, 0.25) is 0 Å². The number of carboxylic acids is 1. The zero-order valence-electron chi connectivity index (χ0n) is 10.5. The van der Waals surface area contributed by atoms with Crippen molar-refractivity contribution in [3.8, 4) is 0 Å². The Morgan fingerprint density at radius 2 is 2.30 bits per heavy atom. The number of carbonyl (C=O) groups is 2. The van der Waals surface area contributed by atoms with Gasteiger partial charge in [0.1, 0.15) is 12.1 Å². The van der Waals surface area contributed by atoms with Crippen LogP contribution < -0.4 is 10.6 Å². The second-order valence-electron chi connectivity index (χ2n) is 4.43. The van der Waals surface area contributed by atoms with E-state index in [4.69, 9.17) is 11.6 Å². The lowest BCUT2D eigenvalue weighted by Crippen LogP contribution is -2.36. The molecule has 3 N–H and O–H groups in total. The number of anilines is 1. The van der Waals surface area contributed by atoms with Crippen LogP contribution in [0.25, 0.3) is 0 Å². The molecule has 2 unspecified atom stereocenters. The molecule has 7 heteroatoms. The molecule has 5 nitrogen and oxygen atoms in total. The number of nitrogens with one attached hydrogen (secondary N) is 2. The number of benzene rings is 1. The summed E-state index contributed by atoms with van der Waals surface area (Å²) in [6.45, 7) is 1.58. The first-order valence-corrected chi connectivity index (χ1v) is 6.22. The molecule has 106 valence electrons. The summed E-state index contributed by atoms with van der Waals surface area (Å²) in [7, 11) is 0. The molecular formula is C13H12ClFN2O3. The number of carbonyl (C=O) groups excluding carboxylic acids is 1. The Morgan fingerprint density at radius 1 is 1.60 bits per heavy atom. The van der Waals surface area contributed by atoms with E-state index >= 15 is 0 Å². The lowest BCUT2D eigenvalue weighted by Gasteiger charge is -2.28. The SMILES string of the molecule is CC(C=O)NC1C(C(=O)O)=CNc2cc(Cl)c(F)cc21. The van der Waals surface area contributed by atoms with Crippen LogP contribution in [-0.4, -0.2) is 23.4 Å². The van der Waals surface area contributed by atoms with Crippen molar-refractivity contribution in [3.63, 3.8) is 0 Å². The monoisotopic (exact) mass is 298 g/mol. The van der Waals surface area contributed by atoms with Crippen molar-refractivity contribution in [1.29, 1.82) is 0 Å². The minimum atomic E-state index is -1.16. The third kappa shape index (κ3) is 2.66. The van der Waals surface area contributed by atoms with E-state index in [9.17, 15) is 19.1 Å². The quantitative estimate of drug-likeness (QED) is 0.742. The van der Waals surface area contributed by atoms with Crippen LogP contribution in [0.4, 0.5) is 10.1 Å². The lowest BCUT2D eigenvalue weighted by molar-refractivity contribution is -0.133. The van der Waals surface area contributed by atoms with E-state index < -0.39 is 23.9 Å². The lowest BCUT2D eigenvalue weighted by atomic mass is 9.94. The summed E-state index contributed by atoms with van der Waals surface area (Å²) in [6, 6.07) is 1.17. The summed E-state index contributed by atoms with van der Waals surface area (Å²) in [5, 5.41) is 14.7. The maximum absolute atomic E-state index is 13.6. The zero-order chi connectivity index (χ0) is 14.9. The third-order valence-electron chi connectivity index (χ3n) is 2.98. The molecule has 1 aromatic carbocycles. The Balaban J connectivity index is 2.49. The van der Waals surface area contributed by atoms with E-state index in [0.29, 0.717) is 17.5 Å². The number of halogens is 2. The van der Waals surface area contributed by atoms with Gasteiger partial charge in [0.05, 0.1) is 22.7 Å². The Morgan fingerprint density at radius 3 is 2.90 bits per heavy atom. The van der Waals surface area contributed by atoms with Crippen molar-refractivity contribution in [3.05, 3.63) is 40.3 Å². The average Bonchev–Trinajstić information content (AvgIpc) is 2.40. The molecule has 0 fully saturated rings. The number of rotatable bonds is 4. The summed E-state index contributed by atoms with van der Waals surface area (Å²) in [5.74, 6) is -1.81. The number of aldehydes is 1. The molecule has 1 aliphatic heterocycles. The molecule has 2 rings (SSSR count). The zero-order valence-corrected chi connectivity index (χ0v) is 11.2. The fourth-order valence-electron chi connectivity index (χ4n) is 2.00. The minimum Gasteiger partial charge on any atom is -0.478 e. The molecule has 0 amide bonds. The Kier molecular flexibility index (Phi) is 4.06. The molecular weight excluding hydrogens is 287 g/mol. The molecule has 0 saturated carbocycles. The predicted octanol–water partition coefficient (Wildman–Crippen LogP) is 2.09. The summed E-state index contributed by atoms with van der Waals surface area (Å²) < 4.78 is 13.6. The molecule has 1 aliphatic rings. The largest absolute Gasteiger partial charge is 0.478 e. The van der Waals surface area contributed by atoms with E-state index in [0.717, 1.165) is 6.07 Å². The van der Waals surface area contributed by atoms with Crippen LogP contribution in [-0.2, 0) is 9.59 Å². The van der Waals surface area contributed by atoms with Gasteiger partial charge in [0.25, 0.3) is 0 Å². The molecule has 0 aromatic heterocycles. The first-order valence-electron chi connectivity index (χ1n) is 5.84. The van der Waals surface area contributed by atoms with Crippen LogP contribution in [0.3, 0.4) is 0 Å². The molecule has 0 bridgehead atoms. The van der Waals surface area contributed by atoms with Crippen LogP contribution in [0.2, 0.25) is 5.02 Å². The van der Waals surface area contributed by atoms with E-state index in [2.05, 4.69) is 10.6 Å². The maximum atomic E-state index is 13.6. The second kappa shape index (κ2) is 5.60. The molecule has 1 heterocycles. The van der Waals surface area contributed by atoms with Gasteiger partial charge in [0.15, 0.2) is 0 Å². The van der Waals surface area contributed by atoms with Crippen molar-refractivity contribution >= 4 is 29.5 Å². The predicted molar refractivity (Wildman–Crippen MR) is 72.2 cm³/mol. The molecule has 0 saturated heterocycles. The standard InChI is InChI=1S/C13H12ClFN2O3/c1-6(5-18)17-12-7-2-10(15)9(14)3-11(7)16-4-8(12)13(19)20/h2-6,12,16-17H,1H3,(H,19,20). The van der Waals surface area contributed by atoms with Crippen LogP contribution >= 0.6 is 11.6 Å². The van der Waals surface area contributed by atoms with Gasteiger partial charge in [-0.3, -0.25) is 5.32 Å². The Bertz CT molecular complexity index is 604. The van der Waals surface area contributed by atoms with Crippen LogP contribution in [0.15, 0.2) is 23.9 Å². The maximum Gasteiger partial charge on any atom is 0.335 e. The smallest absolute Gasteiger partial charge is 0.335 e. The number of hydrogen-bond acceptors (Lipinski definition) is 4. The highest BCUT2D eigenvalue weighted by Crippen LogP contribution is 2.36. The first-order chi connectivity index (χ1) is 9.43. The minimum absolute atomic E-state index is 0.00655. The number of aliphatic carboxylic acids is 1. The summed E-state index contributed by atoms with van der Waals surface area (Å²) in [6.07, 6.45) is 1.95. The van der Waals surface area contributed by atoms with Crippen molar-refractivity contribution < 1.29 is 19.1 Å². The molecule has 2 atom stereocenters. The van der Waals surface area contributed by atoms with Gasteiger partial charge in [-0.25, -0.2) is 9.18 Å². The van der Waals surface area contributed by atoms with Gasteiger partial charge >= 0.3 is 5.97 Å². The van der Waals surface area contributed by atoms with Crippen molar-refractivity contribution in [2.75, 3.05) is 5.32 Å². The Hall–Kier alpha value is -1.92. The van der Waals surface area contributed by atoms with E-state index in [1.807, 2.05) is 0 Å². The third-order valence-corrected chi connectivity index (χ3v) is 3.27. The van der Waals surface area contributed by atoms with Gasteiger partial charge in [-0.1, -0.05) is 11.6 Å². The highest BCUT2D eigenvalue weighted by Gasteiger charge is 2.29. The number of hydrogen-bond donors (Lipinski definition) is 3. The number of fused-ring (bicyclic) bond motifs is 1. The molecule has 0 radical (unpaired) electrons. The number of carboxylic acid groups (broad SMARTS) is 1. The summed E-state index contributed by atoms with van der Waals surface area (Å²) in [5.41, 5.74) is 0.880. The average molecular weight is 299 g/mol. The van der Waals surface area contributed by atoms with Gasteiger partial charge in [-0.2, -0.15) is 0 Å². The van der Waals surface area contributed by atoms with Gasteiger partial charge < -0.3 is 15.2 Å². The van der Waals surface area contributed by atoms with Crippen molar-refractivity contribution in [2.45, 2.75) is 19.0 Å². The van der Waals surface area contributed by atoms with Gasteiger partial charge in [-0.15, -0.1) is 0 Å². The highest BCUT2D eigenvalue weighted by atomic mass is 35.5. The molecule has 0 aliphatic carbocycles. The highest BCUT2D eigenvalue weighted by molar-refractivity contribution is 6.31. The topological polar surface area (TPSA) is 78.4 Å². The van der Waals surface area contributed by atoms with Crippen LogP contribution in [0, 0.1) is 5.82 Å². The van der Waals surface area contributed by atoms with Crippen molar-refractivity contribution in [1.82, 2.24) is 5.32 Å². The van der Waals surface area contributed by atoms with Gasteiger partial charge in [0, 0.05) is 17.5 Å². The first kappa shape index (κ1) is 14.5. The van der Waals surface area contributed by atoms with E-state index in [-0.39, 0.29) is 10.6 Å². The van der Waals surface area contributed by atoms with E-state index in [1.165, 1.54) is 12.3 Å². The molecule has 20 heavy (non-hydrogen) atoms. The van der Waals surface area contributed by atoms with Gasteiger partial charge in [-0.05, 0) is 19.1 Å². The fraction of sp³-hybridized carbons (Fsp3) is 0.231.